The van der Waals surface area contributed by atoms with E-state index < -0.39 is 0 Å². The first-order valence-corrected chi connectivity index (χ1v) is 5.47. The smallest absolute Gasteiger partial charge is 0.0772 e. The molecule has 16 heavy (non-hydrogen) atoms. The van der Waals surface area contributed by atoms with Crippen LogP contribution in [0.2, 0.25) is 0 Å². The molecule has 1 aliphatic rings. The number of likely N-dealkylation sites (tertiary alicyclic amines) is 1. The Labute approximate surface area is 93.5 Å². The van der Waals surface area contributed by atoms with Crippen LogP contribution in [0.5, 0.6) is 0 Å². The van der Waals surface area contributed by atoms with Crippen LogP contribution in [0.4, 0.5) is 0 Å². The van der Waals surface area contributed by atoms with E-state index in [9.17, 15) is 0 Å². The maximum absolute atomic E-state index is 4.25. The molecule has 3 rings (SSSR count). The number of hydrogen-bond donors (Lipinski definition) is 0. The molecule has 1 fully saturated rings. The van der Waals surface area contributed by atoms with Crippen molar-refractivity contribution in [1.82, 2.24) is 29.7 Å². The average molecular weight is 218 g/mol. The van der Waals surface area contributed by atoms with E-state index >= 15 is 0 Å². The number of aromatic nitrogens is 5. The van der Waals surface area contributed by atoms with E-state index in [4.69, 9.17) is 0 Å². The number of hydrogen-bond acceptors (Lipinski definition) is 4. The quantitative estimate of drug-likeness (QED) is 0.726. The van der Waals surface area contributed by atoms with Crippen LogP contribution in [0, 0.1) is 0 Å². The Morgan fingerprint density at radius 2 is 2.06 bits per heavy atom. The summed E-state index contributed by atoms with van der Waals surface area (Å²) in [4.78, 5) is 2.40. The average Bonchev–Trinajstić information content (AvgIpc) is 2.85. The molecule has 1 saturated heterocycles. The SMILES string of the molecule is c1cnn(C2CN(CCn3ccnn3)C2)c1. The molecule has 6 nitrogen and oxygen atoms in total. The maximum Gasteiger partial charge on any atom is 0.0772 e. The molecule has 2 aromatic rings. The summed E-state index contributed by atoms with van der Waals surface area (Å²) in [6, 6.07) is 2.52. The standard InChI is InChI=1S/C10H14N6/c1-2-12-16(4-1)10-8-14(9-10)6-7-15-5-3-11-13-15/h1-5,10H,6-9H2. The third kappa shape index (κ3) is 1.83. The van der Waals surface area contributed by atoms with Gasteiger partial charge in [-0.15, -0.1) is 5.10 Å². The van der Waals surface area contributed by atoms with Crippen molar-refractivity contribution in [3.05, 3.63) is 30.9 Å². The summed E-state index contributed by atoms with van der Waals surface area (Å²) in [5, 5.41) is 12.0. The maximum atomic E-state index is 4.25. The molecule has 84 valence electrons. The molecule has 0 N–H and O–H groups in total. The van der Waals surface area contributed by atoms with Gasteiger partial charge in [-0.1, -0.05) is 5.21 Å². The van der Waals surface area contributed by atoms with Gasteiger partial charge in [-0.3, -0.25) is 14.3 Å². The summed E-state index contributed by atoms with van der Waals surface area (Å²) >= 11 is 0. The highest BCUT2D eigenvalue weighted by Crippen LogP contribution is 2.19. The second kappa shape index (κ2) is 4.05. The summed E-state index contributed by atoms with van der Waals surface area (Å²) < 4.78 is 3.90. The van der Waals surface area contributed by atoms with Gasteiger partial charge in [-0.25, -0.2) is 0 Å². The normalized spacial score (nSPS) is 17.5. The fourth-order valence-corrected chi connectivity index (χ4v) is 1.98. The van der Waals surface area contributed by atoms with Crippen molar-refractivity contribution < 1.29 is 0 Å². The molecule has 0 atom stereocenters. The Balaban J connectivity index is 1.44. The van der Waals surface area contributed by atoms with Crippen molar-refractivity contribution in [2.24, 2.45) is 0 Å². The fraction of sp³-hybridized carbons (Fsp3) is 0.500. The van der Waals surface area contributed by atoms with Crippen molar-refractivity contribution in [3.8, 4) is 0 Å². The highest BCUT2D eigenvalue weighted by molar-refractivity contribution is 4.89. The molecule has 0 aliphatic carbocycles. The third-order valence-electron chi connectivity index (χ3n) is 2.95. The Hall–Kier alpha value is -1.69. The van der Waals surface area contributed by atoms with Crippen molar-refractivity contribution in [3.63, 3.8) is 0 Å². The van der Waals surface area contributed by atoms with E-state index in [-0.39, 0.29) is 0 Å². The number of rotatable bonds is 4. The minimum absolute atomic E-state index is 0.547. The summed E-state index contributed by atoms with van der Waals surface area (Å²) in [6.45, 7) is 4.10. The van der Waals surface area contributed by atoms with Crippen LogP contribution in [-0.4, -0.2) is 49.3 Å². The largest absolute Gasteiger partial charge is 0.297 e. The molecule has 2 aromatic heterocycles. The van der Waals surface area contributed by atoms with E-state index in [0.717, 1.165) is 26.2 Å². The molecule has 6 heteroatoms. The lowest BCUT2D eigenvalue weighted by molar-refractivity contribution is 0.0932. The minimum Gasteiger partial charge on any atom is -0.297 e. The van der Waals surface area contributed by atoms with Gasteiger partial charge in [0, 0.05) is 38.2 Å². The summed E-state index contributed by atoms with van der Waals surface area (Å²) in [5.41, 5.74) is 0. The molecule has 1 aliphatic heterocycles. The minimum atomic E-state index is 0.547. The first kappa shape index (κ1) is 9.53. The van der Waals surface area contributed by atoms with Gasteiger partial charge in [0.2, 0.25) is 0 Å². The lowest BCUT2D eigenvalue weighted by Crippen LogP contribution is -2.48. The molecule has 0 aromatic carbocycles. The van der Waals surface area contributed by atoms with Crippen molar-refractivity contribution in [1.29, 1.82) is 0 Å². The second-order valence-electron chi connectivity index (χ2n) is 4.07. The molecule has 0 spiro atoms. The van der Waals surface area contributed by atoms with Crippen LogP contribution in [0.15, 0.2) is 30.9 Å². The van der Waals surface area contributed by atoms with Crippen LogP contribution in [0.1, 0.15) is 6.04 Å². The molecule has 0 amide bonds. The molecule has 0 unspecified atom stereocenters. The highest BCUT2D eigenvalue weighted by Gasteiger charge is 2.27. The first-order chi connectivity index (χ1) is 7.92. The van der Waals surface area contributed by atoms with Crippen LogP contribution in [0.3, 0.4) is 0 Å². The lowest BCUT2D eigenvalue weighted by atomic mass is 10.1. The van der Waals surface area contributed by atoms with Gasteiger partial charge in [0.25, 0.3) is 0 Å². The lowest BCUT2D eigenvalue weighted by Gasteiger charge is -2.39. The third-order valence-corrected chi connectivity index (χ3v) is 2.95. The summed E-state index contributed by atoms with van der Waals surface area (Å²) in [7, 11) is 0. The van der Waals surface area contributed by atoms with E-state index in [2.05, 4.69) is 20.3 Å². The van der Waals surface area contributed by atoms with Crippen LogP contribution in [0.25, 0.3) is 0 Å². The van der Waals surface area contributed by atoms with E-state index in [0.29, 0.717) is 6.04 Å². The van der Waals surface area contributed by atoms with E-state index in [1.54, 1.807) is 6.20 Å². The zero-order chi connectivity index (χ0) is 10.8. The van der Waals surface area contributed by atoms with Crippen LogP contribution >= 0.6 is 0 Å². The van der Waals surface area contributed by atoms with Gasteiger partial charge in [0.05, 0.1) is 18.8 Å². The van der Waals surface area contributed by atoms with Gasteiger partial charge >= 0.3 is 0 Å². The molecular weight excluding hydrogens is 204 g/mol. The van der Waals surface area contributed by atoms with Crippen molar-refractivity contribution >= 4 is 0 Å². The topological polar surface area (TPSA) is 51.8 Å². The molecular formula is C10H14N6. The zero-order valence-electron chi connectivity index (χ0n) is 8.98. The molecule has 3 heterocycles. The van der Waals surface area contributed by atoms with Gasteiger partial charge in [-0.05, 0) is 6.07 Å². The molecule has 0 radical (unpaired) electrons. The number of nitrogens with zero attached hydrogens (tertiary/aromatic N) is 6. The monoisotopic (exact) mass is 218 g/mol. The predicted octanol–water partition coefficient (Wildman–Crippen LogP) is 0.0315. The highest BCUT2D eigenvalue weighted by atomic mass is 15.4. The van der Waals surface area contributed by atoms with Gasteiger partial charge in [0.15, 0.2) is 0 Å². The van der Waals surface area contributed by atoms with E-state index in [1.807, 2.05) is 34.0 Å². The Bertz CT molecular complexity index is 411. The summed E-state index contributed by atoms with van der Waals surface area (Å²) in [5.74, 6) is 0. The predicted molar refractivity (Wildman–Crippen MR) is 57.7 cm³/mol. The zero-order valence-corrected chi connectivity index (χ0v) is 8.98. The van der Waals surface area contributed by atoms with Gasteiger partial charge in [0.1, 0.15) is 0 Å². The van der Waals surface area contributed by atoms with Crippen LogP contribution < -0.4 is 0 Å². The van der Waals surface area contributed by atoms with E-state index in [1.165, 1.54) is 0 Å². The summed E-state index contributed by atoms with van der Waals surface area (Å²) in [6.07, 6.45) is 7.46. The van der Waals surface area contributed by atoms with Gasteiger partial charge in [-0.2, -0.15) is 5.10 Å². The van der Waals surface area contributed by atoms with Crippen LogP contribution in [-0.2, 0) is 6.54 Å². The Morgan fingerprint density at radius 3 is 2.75 bits per heavy atom. The van der Waals surface area contributed by atoms with Gasteiger partial charge < -0.3 is 0 Å². The van der Waals surface area contributed by atoms with Crippen molar-refractivity contribution in [2.75, 3.05) is 19.6 Å². The first-order valence-electron chi connectivity index (χ1n) is 5.47. The second-order valence-corrected chi connectivity index (χ2v) is 4.07. The molecule has 0 saturated carbocycles. The Kier molecular flexibility index (Phi) is 2.41. The van der Waals surface area contributed by atoms with Crippen molar-refractivity contribution in [2.45, 2.75) is 12.6 Å². The molecule has 0 bridgehead atoms. The Morgan fingerprint density at radius 1 is 1.12 bits per heavy atom. The fourth-order valence-electron chi connectivity index (χ4n) is 1.98.